The number of hydrazone groups is 1. The van der Waals surface area contributed by atoms with Crippen molar-refractivity contribution in [3.05, 3.63) is 58.8 Å². The fourth-order valence-electron chi connectivity index (χ4n) is 4.27. The molecule has 2 aliphatic rings. The van der Waals surface area contributed by atoms with Gasteiger partial charge in [-0.3, -0.25) is 14.5 Å². The molecule has 0 saturated carbocycles. The Morgan fingerprint density at radius 1 is 1.12 bits per heavy atom. The van der Waals surface area contributed by atoms with Gasteiger partial charge in [-0.05, 0) is 63.1 Å². The van der Waals surface area contributed by atoms with Gasteiger partial charge in [-0.2, -0.15) is 15.4 Å². The van der Waals surface area contributed by atoms with Gasteiger partial charge in [0.2, 0.25) is 0 Å². The Morgan fingerprint density at radius 3 is 2.42 bits per heavy atom. The summed E-state index contributed by atoms with van der Waals surface area (Å²) in [6.07, 6.45) is 3.10. The number of carbonyl (C=O) groups is 2. The van der Waals surface area contributed by atoms with Crippen LogP contribution in [0, 0.1) is 18.3 Å². The molecule has 8 nitrogen and oxygen atoms in total. The summed E-state index contributed by atoms with van der Waals surface area (Å²) in [6.45, 7) is 11.5. The van der Waals surface area contributed by atoms with Crippen molar-refractivity contribution in [3.8, 4) is 6.07 Å². The minimum absolute atomic E-state index is 0.0510. The van der Waals surface area contributed by atoms with Crippen molar-refractivity contribution < 1.29 is 9.59 Å². The SMILES string of the molecule is Cc1cc(C#N)ccc1C1C=NN(c2ccc(C(=O)N3CCN(C(C)(C)C)CC3)cn2)C1=O. The van der Waals surface area contributed by atoms with Crippen LogP contribution in [0.1, 0.15) is 53.7 Å². The number of nitrogens with zero attached hydrogens (tertiary/aromatic N) is 6. The molecule has 1 aromatic carbocycles. The maximum absolute atomic E-state index is 13.0. The van der Waals surface area contributed by atoms with E-state index in [0.717, 1.165) is 24.2 Å². The van der Waals surface area contributed by atoms with Gasteiger partial charge in [0.15, 0.2) is 5.82 Å². The summed E-state index contributed by atoms with van der Waals surface area (Å²) < 4.78 is 0. The first-order valence-corrected chi connectivity index (χ1v) is 11.1. The van der Waals surface area contributed by atoms with Gasteiger partial charge < -0.3 is 4.90 Å². The van der Waals surface area contributed by atoms with Gasteiger partial charge in [0, 0.05) is 44.1 Å². The van der Waals surface area contributed by atoms with E-state index in [4.69, 9.17) is 5.26 Å². The third-order valence-electron chi connectivity index (χ3n) is 6.27. The fourth-order valence-corrected chi connectivity index (χ4v) is 4.27. The summed E-state index contributed by atoms with van der Waals surface area (Å²) in [7, 11) is 0. The molecule has 0 spiro atoms. The maximum Gasteiger partial charge on any atom is 0.261 e. The van der Waals surface area contributed by atoms with E-state index in [9.17, 15) is 9.59 Å². The minimum Gasteiger partial charge on any atom is -0.336 e. The average molecular weight is 445 g/mol. The lowest BCUT2D eigenvalue weighted by Gasteiger charge is -2.42. The van der Waals surface area contributed by atoms with Gasteiger partial charge in [0.05, 0.1) is 17.2 Å². The van der Waals surface area contributed by atoms with Crippen LogP contribution in [-0.2, 0) is 4.79 Å². The van der Waals surface area contributed by atoms with Gasteiger partial charge in [-0.1, -0.05) is 6.07 Å². The van der Waals surface area contributed by atoms with Crippen molar-refractivity contribution in [2.75, 3.05) is 31.2 Å². The highest BCUT2D eigenvalue weighted by atomic mass is 16.2. The molecule has 1 atom stereocenters. The van der Waals surface area contributed by atoms with Crippen LogP contribution in [0.4, 0.5) is 5.82 Å². The lowest BCUT2D eigenvalue weighted by Crippen LogP contribution is -2.54. The molecule has 0 bridgehead atoms. The van der Waals surface area contributed by atoms with Crippen LogP contribution < -0.4 is 5.01 Å². The summed E-state index contributed by atoms with van der Waals surface area (Å²) in [6, 6.07) is 10.7. The van der Waals surface area contributed by atoms with Crippen LogP contribution in [-0.4, -0.2) is 64.5 Å². The number of rotatable bonds is 3. The summed E-state index contributed by atoms with van der Waals surface area (Å²) in [4.78, 5) is 34.5. The second-order valence-corrected chi connectivity index (χ2v) is 9.43. The highest BCUT2D eigenvalue weighted by molar-refractivity contribution is 6.12. The topological polar surface area (TPSA) is 92.9 Å². The fraction of sp³-hybridized carbons (Fsp3) is 0.400. The second-order valence-electron chi connectivity index (χ2n) is 9.43. The molecule has 1 fully saturated rings. The molecular formula is C25H28N6O2. The Bertz CT molecular complexity index is 1130. The Balaban J connectivity index is 1.43. The van der Waals surface area contributed by atoms with Crippen molar-refractivity contribution in [2.45, 2.75) is 39.2 Å². The zero-order chi connectivity index (χ0) is 23.8. The van der Waals surface area contributed by atoms with Crippen LogP contribution in [0.5, 0.6) is 0 Å². The molecule has 1 aromatic heterocycles. The number of carbonyl (C=O) groups excluding carboxylic acids is 2. The number of anilines is 1. The molecule has 2 aromatic rings. The monoisotopic (exact) mass is 444 g/mol. The zero-order valence-electron chi connectivity index (χ0n) is 19.4. The van der Waals surface area contributed by atoms with E-state index in [1.807, 2.05) is 11.8 Å². The molecule has 4 rings (SSSR count). The number of aromatic nitrogens is 1. The molecular weight excluding hydrogens is 416 g/mol. The van der Waals surface area contributed by atoms with Crippen LogP contribution in [0.25, 0.3) is 0 Å². The van der Waals surface area contributed by atoms with E-state index < -0.39 is 5.92 Å². The maximum atomic E-state index is 13.0. The summed E-state index contributed by atoms with van der Waals surface area (Å²) >= 11 is 0. The number of nitriles is 1. The van der Waals surface area contributed by atoms with Crippen molar-refractivity contribution in [2.24, 2.45) is 5.10 Å². The summed E-state index contributed by atoms with van der Waals surface area (Å²) in [5.41, 5.74) is 2.82. The molecule has 0 radical (unpaired) electrons. The molecule has 0 N–H and O–H groups in total. The Morgan fingerprint density at radius 2 is 1.85 bits per heavy atom. The van der Waals surface area contributed by atoms with E-state index in [1.54, 1.807) is 36.5 Å². The summed E-state index contributed by atoms with van der Waals surface area (Å²) in [5, 5.41) is 14.6. The molecule has 2 amide bonds. The van der Waals surface area contributed by atoms with Crippen molar-refractivity contribution in [3.63, 3.8) is 0 Å². The number of benzene rings is 1. The molecule has 2 aliphatic heterocycles. The first kappa shape index (κ1) is 22.6. The highest BCUT2D eigenvalue weighted by Gasteiger charge is 2.33. The number of aryl methyl sites for hydroxylation is 1. The molecule has 3 heterocycles. The van der Waals surface area contributed by atoms with Crippen molar-refractivity contribution >= 4 is 23.8 Å². The number of hydrogen-bond acceptors (Lipinski definition) is 6. The van der Waals surface area contributed by atoms with Crippen LogP contribution in [0.2, 0.25) is 0 Å². The number of pyridine rings is 1. The molecule has 170 valence electrons. The predicted octanol–water partition coefficient (Wildman–Crippen LogP) is 2.93. The number of piperazine rings is 1. The molecule has 0 aliphatic carbocycles. The van der Waals surface area contributed by atoms with Gasteiger partial charge in [-0.25, -0.2) is 4.98 Å². The smallest absolute Gasteiger partial charge is 0.261 e. The molecule has 1 unspecified atom stereocenters. The second kappa shape index (κ2) is 8.75. The first-order valence-electron chi connectivity index (χ1n) is 11.1. The highest BCUT2D eigenvalue weighted by Crippen LogP contribution is 2.28. The average Bonchev–Trinajstić information content (AvgIpc) is 3.19. The van der Waals surface area contributed by atoms with Gasteiger partial charge in [0.1, 0.15) is 5.92 Å². The molecule has 8 heteroatoms. The van der Waals surface area contributed by atoms with Gasteiger partial charge in [-0.15, -0.1) is 0 Å². The standard InChI is InChI=1S/C25H28N6O2/c1-17-13-18(14-26)5-7-20(17)21-16-28-31(24(21)33)22-8-6-19(15-27-22)23(32)29-9-11-30(12-10-29)25(2,3)4/h5-8,13,15-16,21H,9-12H2,1-4H3. The van der Waals surface area contributed by atoms with Crippen LogP contribution >= 0.6 is 0 Å². The van der Waals surface area contributed by atoms with Crippen LogP contribution in [0.3, 0.4) is 0 Å². The third kappa shape index (κ3) is 4.50. The quantitative estimate of drug-likeness (QED) is 0.726. The third-order valence-corrected chi connectivity index (χ3v) is 6.27. The van der Waals surface area contributed by atoms with E-state index in [1.165, 1.54) is 11.2 Å². The van der Waals surface area contributed by atoms with Crippen molar-refractivity contribution in [1.29, 1.82) is 5.26 Å². The Labute approximate surface area is 194 Å². The Hall–Kier alpha value is -3.57. The van der Waals surface area contributed by atoms with E-state index in [0.29, 0.717) is 30.0 Å². The van der Waals surface area contributed by atoms with E-state index >= 15 is 0 Å². The van der Waals surface area contributed by atoms with Gasteiger partial charge in [0.25, 0.3) is 11.8 Å². The zero-order valence-corrected chi connectivity index (χ0v) is 19.4. The lowest BCUT2D eigenvalue weighted by molar-refractivity contribution is -0.118. The lowest BCUT2D eigenvalue weighted by atomic mass is 9.94. The van der Waals surface area contributed by atoms with Crippen LogP contribution in [0.15, 0.2) is 41.6 Å². The minimum atomic E-state index is -0.528. The van der Waals surface area contributed by atoms with Crippen molar-refractivity contribution in [1.82, 2.24) is 14.8 Å². The predicted molar refractivity (Wildman–Crippen MR) is 126 cm³/mol. The Kier molecular flexibility index (Phi) is 6.00. The number of amides is 2. The van der Waals surface area contributed by atoms with Gasteiger partial charge >= 0.3 is 0 Å². The number of hydrogen-bond donors (Lipinski definition) is 0. The van der Waals surface area contributed by atoms with E-state index in [2.05, 4.69) is 41.8 Å². The summed E-state index contributed by atoms with van der Waals surface area (Å²) in [5.74, 6) is -0.420. The first-order chi connectivity index (χ1) is 15.7. The molecule has 1 saturated heterocycles. The normalized spacial score (nSPS) is 19.1. The largest absolute Gasteiger partial charge is 0.336 e. The molecule has 33 heavy (non-hydrogen) atoms. The van der Waals surface area contributed by atoms with E-state index in [-0.39, 0.29) is 17.4 Å².